The number of hydrogen-bond donors (Lipinski definition) is 1. The monoisotopic (exact) mass is 303 g/mol. The number of nitrogens with zero attached hydrogens (tertiary/aromatic N) is 4. The van der Waals surface area contributed by atoms with Crippen molar-refractivity contribution in [1.29, 1.82) is 0 Å². The molecule has 1 aliphatic carbocycles. The van der Waals surface area contributed by atoms with Crippen LogP contribution in [-0.2, 0) is 14.1 Å². The van der Waals surface area contributed by atoms with Gasteiger partial charge in [-0.05, 0) is 31.6 Å². The van der Waals surface area contributed by atoms with Crippen LogP contribution >= 0.6 is 0 Å². The number of anilines is 1. The zero-order valence-electron chi connectivity index (χ0n) is 13.9. The average Bonchev–Trinajstić information content (AvgIpc) is 2.99. The summed E-state index contributed by atoms with van der Waals surface area (Å²) in [6, 6.07) is 0. The van der Waals surface area contributed by atoms with Gasteiger partial charge < -0.3 is 5.32 Å². The fourth-order valence-corrected chi connectivity index (χ4v) is 3.59. The molecular weight excluding hydrogens is 278 g/mol. The molecule has 22 heavy (non-hydrogen) atoms. The zero-order valence-corrected chi connectivity index (χ0v) is 13.9. The SMILES string of the molecule is Cc1nn(C)c2c(=O)n(C)c(NCCC3CCC(C)C3)nc12. The lowest BCUT2D eigenvalue weighted by Gasteiger charge is -2.13. The highest BCUT2D eigenvalue weighted by Gasteiger charge is 2.21. The molecule has 3 rings (SSSR count). The molecule has 1 fully saturated rings. The Morgan fingerprint density at radius 2 is 2.09 bits per heavy atom. The van der Waals surface area contributed by atoms with Crippen LogP contribution in [0.5, 0.6) is 0 Å². The summed E-state index contributed by atoms with van der Waals surface area (Å²) < 4.78 is 3.20. The number of hydrogen-bond acceptors (Lipinski definition) is 4. The van der Waals surface area contributed by atoms with E-state index in [-0.39, 0.29) is 5.56 Å². The molecule has 1 N–H and O–H groups in total. The van der Waals surface area contributed by atoms with E-state index < -0.39 is 0 Å². The number of aryl methyl sites for hydroxylation is 2. The van der Waals surface area contributed by atoms with E-state index in [1.165, 1.54) is 19.3 Å². The number of fused-ring (bicyclic) bond motifs is 1. The summed E-state index contributed by atoms with van der Waals surface area (Å²) in [5, 5.41) is 7.64. The van der Waals surface area contributed by atoms with Gasteiger partial charge in [0.15, 0.2) is 5.52 Å². The van der Waals surface area contributed by atoms with Crippen molar-refractivity contribution in [2.24, 2.45) is 25.9 Å². The van der Waals surface area contributed by atoms with Crippen LogP contribution in [0.25, 0.3) is 11.0 Å². The maximum absolute atomic E-state index is 12.5. The largest absolute Gasteiger partial charge is 0.356 e. The molecule has 0 aliphatic heterocycles. The number of aromatic nitrogens is 4. The second-order valence-corrected chi connectivity index (χ2v) is 6.71. The van der Waals surface area contributed by atoms with Crippen LogP contribution in [0, 0.1) is 18.8 Å². The van der Waals surface area contributed by atoms with Gasteiger partial charge in [0, 0.05) is 20.6 Å². The second kappa shape index (κ2) is 5.74. The third-order valence-electron chi connectivity index (χ3n) is 4.87. The molecule has 0 aromatic carbocycles. The first-order chi connectivity index (χ1) is 10.5. The Hall–Kier alpha value is -1.85. The Labute approximate surface area is 130 Å². The summed E-state index contributed by atoms with van der Waals surface area (Å²) in [6.07, 6.45) is 5.15. The highest BCUT2D eigenvalue weighted by Crippen LogP contribution is 2.32. The fourth-order valence-electron chi connectivity index (χ4n) is 3.59. The standard InChI is InChI=1S/C16H25N5O/c1-10-5-6-12(9-10)7-8-17-16-18-13-11(2)19-21(4)14(13)15(22)20(16)3/h10,12H,5-9H2,1-4H3,(H,17,18). The van der Waals surface area contributed by atoms with Crippen molar-refractivity contribution in [3.63, 3.8) is 0 Å². The quantitative estimate of drug-likeness (QED) is 0.940. The molecule has 0 saturated heterocycles. The first-order valence-corrected chi connectivity index (χ1v) is 8.11. The summed E-state index contributed by atoms with van der Waals surface area (Å²) in [7, 11) is 3.55. The molecule has 2 atom stereocenters. The maximum atomic E-state index is 12.5. The van der Waals surface area contributed by atoms with E-state index in [0.717, 1.165) is 30.5 Å². The Balaban J connectivity index is 1.78. The molecule has 2 aromatic rings. The molecule has 1 saturated carbocycles. The summed E-state index contributed by atoms with van der Waals surface area (Å²) in [6.45, 7) is 5.08. The summed E-state index contributed by atoms with van der Waals surface area (Å²) in [5.74, 6) is 2.31. The van der Waals surface area contributed by atoms with Crippen LogP contribution in [0.1, 0.15) is 38.3 Å². The van der Waals surface area contributed by atoms with E-state index >= 15 is 0 Å². The van der Waals surface area contributed by atoms with Crippen molar-refractivity contribution < 1.29 is 0 Å². The lowest BCUT2D eigenvalue weighted by Crippen LogP contribution is -2.24. The van der Waals surface area contributed by atoms with Crippen molar-refractivity contribution in [2.75, 3.05) is 11.9 Å². The van der Waals surface area contributed by atoms with Gasteiger partial charge in [0.25, 0.3) is 5.56 Å². The minimum Gasteiger partial charge on any atom is -0.356 e. The molecule has 0 radical (unpaired) electrons. The van der Waals surface area contributed by atoms with Crippen LogP contribution in [0.15, 0.2) is 4.79 Å². The molecular formula is C16H25N5O. The minimum absolute atomic E-state index is 0.0508. The van der Waals surface area contributed by atoms with Gasteiger partial charge in [-0.25, -0.2) is 4.98 Å². The Morgan fingerprint density at radius 1 is 1.32 bits per heavy atom. The van der Waals surface area contributed by atoms with Gasteiger partial charge >= 0.3 is 0 Å². The molecule has 1 aliphatic rings. The van der Waals surface area contributed by atoms with Crippen LogP contribution < -0.4 is 10.9 Å². The van der Waals surface area contributed by atoms with E-state index in [1.54, 1.807) is 23.3 Å². The van der Waals surface area contributed by atoms with Gasteiger partial charge in [-0.15, -0.1) is 0 Å². The van der Waals surface area contributed by atoms with E-state index in [1.807, 2.05) is 6.92 Å². The lowest BCUT2D eigenvalue weighted by atomic mass is 10.0. The van der Waals surface area contributed by atoms with Crippen molar-refractivity contribution >= 4 is 17.0 Å². The van der Waals surface area contributed by atoms with Crippen LogP contribution in [0.3, 0.4) is 0 Å². The predicted molar refractivity (Wildman–Crippen MR) is 88.1 cm³/mol. The third-order valence-corrected chi connectivity index (χ3v) is 4.87. The maximum Gasteiger partial charge on any atom is 0.280 e. The van der Waals surface area contributed by atoms with Gasteiger partial charge in [-0.3, -0.25) is 14.0 Å². The van der Waals surface area contributed by atoms with Gasteiger partial charge in [-0.2, -0.15) is 5.10 Å². The molecule has 2 unspecified atom stereocenters. The number of nitrogens with one attached hydrogen (secondary N) is 1. The molecule has 2 aromatic heterocycles. The van der Waals surface area contributed by atoms with Gasteiger partial charge in [0.05, 0.1) is 5.69 Å². The van der Waals surface area contributed by atoms with E-state index in [2.05, 4.69) is 22.3 Å². The van der Waals surface area contributed by atoms with Crippen LogP contribution in [0.2, 0.25) is 0 Å². The molecule has 0 bridgehead atoms. The highest BCUT2D eigenvalue weighted by atomic mass is 16.1. The first kappa shape index (κ1) is 15.1. The highest BCUT2D eigenvalue weighted by molar-refractivity contribution is 5.77. The third kappa shape index (κ3) is 2.62. The van der Waals surface area contributed by atoms with E-state index in [4.69, 9.17) is 0 Å². The van der Waals surface area contributed by atoms with Crippen molar-refractivity contribution in [3.8, 4) is 0 Å². The first-order valence-electron chi connectivity index (χ1n) is 8.11. The summed E-state index contributed by atoms with van der Waals surface area (Å²) >= 11 is 0. The minimum atomic E-state index is -0.0508. The molecule has 0 amide bonds. The van der Waals surface area contributed by atoms with E-state index in [9.17, 15) is 4.79 Å². The van der Waals surface area contributed by atoms with Gasteiger partial charge in [0.1, 0.15) is 5.52 Å². The van der Waals surface area contributed by atoms with Crippen molar-refractivity contribution in [3.05, 3.63) is 16.0 Å². The van der Waals surface area contributed by atoms with Crippen molar-refractivity contribution in [1.82, 2.24) is 19.3 Å². The fraction of sp³-hybridized carbons (Fsp3) is 0.688. The molecule has 6 nitrogen and oxygen atoms in total. The molecule has 120 valence electrons. The summed E-state index contributed by atoms with van der Waals surface area (Å²) in [5.41, 5.74) is 2.01. The van der Waals surface area contributed by atoms with Crippen LogP contribution in [0.4, 0.5) is 5.95 Å². The normalized spacial score (nSPS) is 21.6. The predicted octanol–water partition coefficient (Wildman–Crippen LogP) is 2.21. The smallest absolute Gasteiger partial charge is 0.280 e. The molecule has 2 heterocycles. The Kier molecular flexibility index (Phi) is 3.93. The molecule has 0 spiro atoms. The summed E-state index contributed by atoms with van der Waals surface area (Å²) in [4.78, 5) is 17.1. The second-order valence-electron chi connectivity index (χ2n) is 6.71. The lowest BCUT2D eigenvalue weighted by molar-refractivity contribution is 0.491. The number of rotatable bonds is 4. The van der Waals surface area contributed by atoms with E-state index in [0.29, 0.717) is 17.0 Å². The zero-order chi connectivity index (χ0) is 15.9. The van der Waals surface area contributed by atoms with Crippen molar-refractivity contribution in [2.45, 2.75) is 39.5 Å². The Bertz CT molecular complexity index is 745. The van der Waals surface area contributed by atoms with Gasteiger partial charge in [0.2, 0.25) is 5.95 Å². The average molecular weight is 303 g/mol. The molecule has 6 heteroatoms. The topological polar surface area (TPSA) is 64.7 Å². The Morgan fingerprint density at radius 3 is 2.77 bits per heavy atom. The van der Waals surface area contributed by atoms with Crippen LogP contribution in [-0.4, -0.2) is 25.9 Å². The van der Waals surface area contributed by atoms with Gasteiger partial charge in [-0.1, -0.05) is 19.8 Å².